The molecule has 1 aromatic heterocycles. The molecular formula is C18H23NO2. The number of hydrogen-bond acceptors (Lipinski definition) is 2. The monoisotopic (exact) mass is 285 g/mol. The lowest BCUT2D eigenvalue weighted by atomic mass is 10.0. The minimum Gasteiger partial charge on any atom is -0.450 e. The smallest absolute Gasteiger partial charge is 0.289 e. The van der Waals surface area contributed by atoms with Crippen molar-refractivity contribution in [1.29, 1.82) is 0 Å². The van der Waals surface area contributed by atoms with Gasteiger partial charge in [0.05, 0.1) is 0 Å². The van der Waals surface area contributed by atoms with Crippen molar-refractivity contribution in [2.45, 2.75) is 46.6 Å². The van der Waals surface area contributed by atoms with E-state index in [4.69, 9.17) is 4.42 Å². The Morgan fingerprint density at radius 2 is 1.86 bits per heavy atom. The van der Waals surface area contributed by atoms with Crippen molar-refractivity contribution in [3.8, 4) is 0 Å². The third kappa shape index (κ3) is 2.25. The number of rotatable bonds is 3. The van der Waals surface area contributed by atoms with E-state index < -0.39 is 0 Å². The fourth-order valence-electron chi connectivity index (χ4n) is 3.12. The van der Waals surface area contributed by atoms with E-state index in [9.17, 15) is 4.79 Å². The number of carbonyl (C=O) groups excluding carboxylic acids is 1. The zero-order valence-corrected chi connectivity index (χ0v) is 13.5. The van der Waals surface area contributed by atoms with Crippen LogP contribution in [-0.4, -0.2) is 23.9 Å². The maximum Gasteiger partial charge on any atom is 0.289 e. The van der Waals surface area contributed by atoms with Crippen molar-refractivity contribution in [2.24, 2.45) is 5.92 Å². The summed E-state index contributed by atoms with van der Waals surface area (Å²) in [7, 11) is 1.89. The molecule has 1 aromatic carbocycles. The number of fused-ring (bicyclic) bond motifs is 1. The summed E-state index contributed by atoms with van der Waals surface area (Å²) in [5.41, 5.74) is 4.05. The van der Waals surface area contributed by atoms with Gasteiger partial charge in [0.2, 0.25) is 0 Å². The van der Waals surface area contributed by atoms with Gasteiger partial charge < -0.3 is 9.32 Å². The van der Waals surface area contributed by atoms with Crippen LogP contribution >= 0.6 is 0 Å². The van der Waals surface area contributed by atoms with Gasteiger partial charge in [0, 0.05) is 24.0 Å². The molecule has 1 heterocycles. The Bertz CT molecular complexity index is 710. The Morgan fingerprint density at radius 1 is 1.24 bits per heavy atom. The topological polar surface area (TPSA) is 33.5 Å². The Hall–Kier alpha value is -1.77. The first-order chi connectivity index (χ1) is 9.91. The molecule has 112 valence electrons. The highest BCUT2D eigenvalue weighted by atomic mass is 16.3. The third-order valence-corrected chi connectivity index (χ3v) is 4.91. The molecule has 1 fully saturated rings. The molecule has 0 radical (unpaired) electrons. The molecule has 3 rings (SSSR count). The minimum absolute atomic E-state index is 0.00176. The molecule has 21 heavy (non-hydrogen) atoms. The Balaban J connectivity index is 2.04. The fraction of sp³-hybridized carbons (Fsp3) is 0.500. The summed E-state index contributed by atoms with van der Waals surface area (Å²) in [5, 5.41) is 1.09. The Kier molecular flexibility index (Phi) is 3.31. The largest absolute Gasteiger partial charge is 0.450 e. The van der Waals surface area contributed by atoms with Crippen LogP contribution in [0, 0.1) is 26.7 Å². The standard InChI is InChI=1S/C18H23NO2/c1-10-6-7-11(2)16-15(10)12(3)17(21-16)18(20)19(5)13(4)14-8-9-14/h6-7,13-14H,8-9H2,1-5H3/t13-/m1/s1. The summed E-state index contributed by atoms with van der Waals surface area (Å²) in [5.74, 6) is 1.16. The second-order valence-electron chi connectivity index (χ2n) is 6.45. The summed E-state index contributed by atoms with van der Waals surface area (Å²) < 4.78 is 5.95. The summed E-state index contributed by atoms with van der Waals surface area (Å²) in [6, 6.07) is 4.42. The van der Waals surface area contributed by atoms with Gasteiger partial charge in [0.1, 0.15) is 5.58 Å². The van der Waals surface area contributed by atoms with Gasteiger partial charge >= 0.3 is 0 Å². The van der Waals surface area contributed by atoms with Gasteiger partial charge in [-0.2, -0.15) is 0 Å². The zero-order valence-electron chi connectivity index (χ0n) is 13.5. The molecule has 3 heteroatoms. The molecule has 1 atom stereocenters. The first-order valence-electron chi connectivity index (χ1n) is 7.68. The van der Waals surface area contributed by atoms with Crippen molar-refractivity contribution in [1.82, 2.24) is 4.90 Å². The molecule has 0 spiro atoms. The van der Waals surface area contributed by atoms with Crippen molar-refractivity contribution >= 4 is 16.9 Å². The van der Waals surface area contributed by atoms with Crippen LogP contribution in [0.15, 0.2) is 16.5 Å². The lowest BCUT2D eigenvalue weighted by molar-refractivity contribution is 0.0696. The molecule has 1 saturated carbocycles. The van der Waals surface area contributed by atoms with Crippen LogP contribution < -0.4 is 0 Å². The Labute approximate surface area is 125 Å². The van der Waals surface area contributed by atoms with Crippen LogP contribution in [0.3, 0.4) is 0 Å². The van der Waals surface area contributed by atoms with E-state index in [2.05, 4.69) is 19.9 Å². The van der Waals surface area contributed by atoms with E-state index in [1.807, 2.05) is 31.9 Å². The normalized spacial score (nSPS) is 16.2. The molecule has 3 nitrogen and oxygen atoms in total. The van der Waals surface area contributed by atoms with Crippen molar-refractivity contribution in [2.75, 3.05) is 7.05 Å². The maximum absolute atomic E-state index is 12.8. The molecule has 0 saturated heterocycles. The predicted octanol–water partition coefficient (Wildman–Crippen LogP) is 4.23. The summed E-state index contributed by atoms with van der Waals surface area (Å²) in [6.07, 6.45) is 2.46. The summed E-state index contributed by atoms with van der Waals surface area (Å²) in [4.78, 5) is 14.6. The predicted molar refractivity (Wildman–Crippen MR) is 84.7 cm³/mol. The molecule has 0 unspecified atom stereocenters. The van der Waals surface area contributed by atoms with E-state index in [1.54, 1.807) is 0 Å². The average molecular weight is 285 g/mol. The second-order valence-corrected chi connectivity index (χ2v) is 6.45. The number of aryl methyl sites for hydroxylation is 3. The zero-order chi connectivity index (χ0) is 15.3. The van der Waals surface area contributed by atoms with Gasteiger partial charge in [-0.25, -0.2) is 0 Å². The van der Waals surface area contributed by atoms with E-state index in [0.29, 0.717) is 11.7 Å². The third-order valence-electron chi connectivity index (χ3n) is 4.91. The van der Waals surface area contributed by atoms with Crippen molar-refractivity contribution in [3.05, 3.63) is 34.6 Å². The second kappa shape index (κ2) is 4.90. The first kappa shape index (κ1) is 14.2. The molecular weight excluding hydrogens is 262 g/mol. The van der Waals surface area contributed by atoms with E-state index >= 15 is 0 Å². The lowest BCUT2D eigenvalue weighted by Gasteiger charge is -2.24. The summed E-state index contributed by atoms with van der Waals surface area (Å²) >= 11 is 0. The van der Waals surface area contributed by atoms with E-state index in [1.165, 1.54) is 12.8 Å². The maximum atomic E-state index is 12.8. The van der Waals surface area contributed by atoms with Crippen molar-refractivity contribution in [3.63, 3.8) is 0 Å². The van der Waals surface area contributed by atoms with Gasteiger partial charge in [0.25, 0.3) is 5.91 Å². The van der Waals surface area contributed by atoms with Crippen LogP contribution in [-0.2, 0) is 0 Å². The first-order valence-corrected chi connectivity index (χ1v) is 7.68. The van der Waals surface area contributed by atoms with Crippen LogP contribution in [0.2, 0.25) is 0 Å². The van der Waals surface area contributed by atoms with Crippen molar-refractivity contribution < 1.29 is 9.21 Å². The number of nitrogens with zero attached hydrogens (tertiary/aromatic N) is 1. The van der Waals surface area contributed by atoms with Gasteiger partial charge in [-0.3, -0.25) is 4.79 Å². The summed E-state index contributed by atoms with van der Waals surface area (Å²) in [6.45, 7) is 8.20. The van der Waals surface area contributed by atoms with E-state index in [-0.39, 0.29) is 11.9 Å². The molecule has 1 aliphatic carbocycles. The molecule has 1 amide bonds. The highest BCUT2D eigenvalue weighted by Crippen LogP contribution is 2.36. The number of furan rings is 1. The van der Waals surface area contributed by atoms with Gasteiger partial charge in [0.15, 0.2) is 5.76 Å². The van der Waals surface area contributed by atoms with Crippen LogP contribution in [0.5, 0.6) is 0 Å². The highest BCUT2D eigenvalue weighted by Gasteiger charge is 2.34. The SMILES string of the molecule is Cc1ccc(C)c2c(C)c(C(=O)N(C)[C@H](C)C3CC3)oc12. The van der Waals surface area contributed by atoms with Gasteiger partial charge in [-0.1, -0.05) is 12.1 Å². The van der Waals surface area contributed by atoms with E-state index in [0.717, 1.165) is 27.7 Å². The van der Waals surface area contributed by atoms with Crippen LogP contribution in [0.4, 0.5) is 0 Å². The molecule has 0 bridgehead atoms. The number of benzene rings is 1. The van der Waals surface area contributed by atoms with Crippen LogP contribution in [0.1, 0.15) is 47.0 Å². The minimum atomic E-state index is 0.00176. The molecule has 1 aliphatic rings. The average Bonchev–Trinajstić information content (AvgIpc) is 3.24. The quantitative estimate of drug-likeness (QED) is 0.845. The molecule has 2 aromatic rings. The van der Waals surface area contributed by atoms with Gasteiger partial charge in [-0.15, -0.1) is 0 Å². The number of amides is 1. The van der Waals surface area contributed by atoms with Gasteiger partial charge in [-0.05, 0) is 57.6 Å². The number of hydrogen-bond donors (Lipinski definition) is 0. The fourth-order valence-corrected chi connectivity index (χ4v) is 3.12. The Morgan fingerprint density at radius 3 is 2.43 bits per heavy atom. The lowest BCUT2D eigenvalue weighted by Crippen LogP contribution is -2.36. The van der Waals surface area contributed by atoms with Crippen LogP contribution in [0.25, 0.3) is 11.0 Å². The number of carbonyl (C=O) groups is 1. The molecule has 0 aliphatic heterocycles. The highest BCUT2D eigenvalue weighted by molar-refractivity contribution is 6.00. The molecule has 0 N–H and O–H groups in total.